The van der Waals surface area contributed by atoms with Gasteiger partial charge in [-0.3, -0.25) is 0 Å². The van der Waals surface area contributed by atoms with Crippen LogP contribution in [0.15, 0.2) is 28.7 Å². The van der Waals surface area contributed by atoms with Crippen LogP contribution in [-0.2, 0) is 6.42 Å². The van der Waals surface area contributed by atoms with Gasteiger partial charge in [0.25, 0.3) is 0 Å². The first-order chi connectivity index (χ1) is 9.49. The summed E-state index contributed by atoms with van der Waals surface area (Å²) in [6, 6.07) is 7.47. The molecule has 20 heavy (non-hydrogen) atoms. The summed E-state index contributed by atoms with van der Waals surface area (Å²) in [6.07, 6.45) is 0.874. The van der Waals surface area contributed by atoms with E-state index in [0.29, 0.717) is 22.6 Å². The molecule has 1 aromatic carbocycles. The number of anilines is 1. The summed E-state index contributed by atoms with van der Waals surface area (Å²) in [5, 5.41) is 0.657. The Balaban J connectivity index is 2.46. The fraction of sp³-hybridized carbons (Fsp3) is 0.286. The maximum absolute atomic E-state index is 6.01. The van der Waals surface area contributed by atoms with Crippen LogP contribution in [0, 0.1) is 5.92 Å². The van der Waals surface area contributed by atoms with Gasteiger partial charge < -0.3 is 5.43 Å². The van der Waals surface area contributed by atoms with Gasteiger partial charge in [0.1, 0.15) is 5.82 Å². The van der Waals surface area contributed by atoms with Crippen LogP contribution in [0.3, 0.4) is 0 Å². The lowest BCUT2D eigenvalue weighted by Gasteiger charge is -2.10. The first kappa shape index (κ1) is 15.2. The number of nitrogens with two attached hydrogens (primary N) is 1. The zero-order valence-corrected chi connectivity index (χ0v) is 13.7. The summed E-state index contributed by atoms with van der Waals surface area (Å²) in [6.45, 7) is 4.30. The molecule has 0 spiro atoms. The van der Waals surface area contributed by atoms with E-state index in [4.69, 9.17) is 17.4 Å². The quantitative estimate of drug-likeness (QED) is 0.641. The Bertz CT molecular complexity index is 616. The predicted molar refractivity (Wildman–Crippen MR) is 86.5 cm³/mol. The number of halogens is 2. The number of rotatable bonds is 4. The molecule has 0 amide bonds. The Kier molecular flexibility index (Phi) is 4.96. The van der Waals surface area contributed by atoms with E-state index in [0.717, 1.165) is 22.2 Å². The Morgan fingerprint density at radius 2 is 2.05 bits per heavy atom. The molecule has 0 fully saturated rings. The van der Waals surface area contributed by atoms with Gasteiger partial charge >= 0.3 is 0 Å². The van der Waals surface area contributed by atoms with Crippen molar-refractivity contribution < 1.29 is 0 Å². The monoisotopic (exact) mass is 354 g/mol. The minimum atomic E-state index is 0.514. The van der Waals surface area contributed by atoms with Gasteiger partial charge in [-0.15, -0.1) is 0 Å². The van der Waals surface area contributed by atoms with E-state index in [-0.39, 0.29) is 0 Å². The lowest BCUT2D eigenvalue weighted by molar-refractivity contribution is 0.635. The maximum Gasteiger partial charge on any atom is 0.161 e. The number of nitrogen functional groups attached to an aromatic ring is 1. The molecule has 0 saturated heterocycles. The standard InChI is InChI=1S/C14H16BrClN4/c1-8(2)5-10-7-13(20-17)19-14(18-10)9-3-4-12(16)11(15)6-9/h3-4,6-8H,5,17H2,1-2H3,(H,18,19,20). The van der Waals surface area contributed by atoms with Crippen LogP contribution < -0.4 is 11.3 Å². The van der Waals surface area contributed by atoms with Gasteiger partial charge in [0, 0.05) is 21.8 Å². The largest absolute Gasteiger partial charge is 0.308 e. The summed E-state index contributed by atoms with van der Waals surface area (Å²) in [7, 11) is 0. The lowest BCUT2D eigenvalue weighted by Crippen LogP contribution is -2.11. The van der Waals surface area contributed by atoms with E-state index in [1.807, 2.05) is 24.3 Å². The molecule has 3 N–H and O–H groups in total. The molecular formula is C14H16BrClN4. The normalized spacial score (nSPS) is 10.9. The Morgan fingerprint density at radius 1 is 1.30 bits per heavy atom. The summed E-state index contributed by atoms with van der Waals surface area (Å²) >= 11 is 9.42. The number of hydrazine groups is 1. The number of nitrogens with one attached hydrogen (secondary N) is 1. The Morgan fingerprint density at radius 3 is 2.65 bits per heavy atom. The van der Waals surface area contributed by atoms with Crippen LogP contribution in [-0.4, -0.2) is 9.97 Å². The highest BCUT2D eigenvalue weighted by atomic mass is 79.9. The molecule has 0 aliphatic carbocycles. The summed E-state index contributed by atoms with van der Waals surface area (Å²) in [4.78, 5) is 8.98. The van der Waals surface area contributed by atoms with Crippen molar-refractivity contribution in [2.75, 3.05) is 5.43 Å². The average Bonchev–Trinajstić information content (AvgIpc) is 2.40. The molecule has 106 valence electrons. The van der Waals surface area contributed by atoms with Gasteiger partial charge in [-0.1, -0.05) is 25.4 Å². The van der Waals surface area contributed by atoms with E-state index in [1.54, 1.807) is 0 Å². The van der Waals surface area contributed by atoms with E-state index >= 15 is 0 Å². The summed E-state index contributed by atoms with van der Waals surface area (Å²) < 4.78 is 0.816. The Labute approximate surface area is 131 Å². The highest BCUT2D eigenvalue weighted by Crippen LogP contribution is 2.28. The first-order valence-electron chi connectivity index (χ1n) is 6.29. The number of benzene rings is 1. The molecule has 0 atom stereocenters. The van der Waals surface area contributed by atoms with Crippen molar-refractivity contribution in [2.24, 2.45) is 11.8 Å². The summed E-state index contributed by atoms with van der Waals surface area (Å²) in [5.41, 5.74) is 4.44. The first-order valence-corrected chi connectivity index (χ1v) is 7.46. The third-order valence-corrected chi connectivity index (χ3v) is 3.94. The fourth-order valence-electron chi connectivity index (χ4n) is 1.86. The second kappa shape index (κ2) is 6.52. The molecular weight excluding hydrogens is 340 g/mol. The number of hydrogen-bond donors (Lipinski definition) is 2. The van der Waals surface area contributed by atoms with Gasteiger partial charge in [-0.05, 0) is 46.5 Å². The highest BCUT2D eigenvalue weighted by Gasteiger charge is 2.09. The molecule has 4 nitrogen and oxygen atoms in total. The molecule has 0 radical (unpaired) electrons. The molecule has 0 aliphatic rings. The van der Waals surface area contributed by atoms with Gasteiger partial charge in [-0.25, -0.2) is 15.8 Å². The lowest BCUT2D eigenvalue weighted by atomic mass is 10.1. The van der Waals surface area contributed by atoms with Crippen molar-refractivity contribution in [3.05, 3.63) is 39.5 Å². The number of nitrogens with zero attached hydrogens (tertiary/aromatic N) is 2. The van der Waals surface area contributed by atoms with Crippen LogP contribution in [0.5, 0.6) is 0 Å². The van der Waals surface area contributed by atoms with Crippen molar-refractivity contribution in [1.29, 1.82) is 0 Å². The molecule has 0 bridgehead atoms. The topological polar surface area (TPSA) is 63.8 Å². The smallest absolute Gasteiger partial charge is 0.161 e. The number of aromatic nitrogens is 2. The van der Waals surface area contributed by atoms with Gasteiger partial charge in [0.05, 0.1) is 5.02 Å². The van der Waals surface area contributed by atoms with Crippen LogP contribution in [0.2, 0.25) is 5.02 Å². The van der Waals surface area contributed by atoms with Gasteiger partial charge in [-0.2, -0.15) is 0 Å². The van der Waals surface area contributed by atoms with Crippen molar-refractivity contribution in [3.8, 4) is 11.4 Å². The maximum atomic E-state index is 6.01. The van der Waals surface area contributed by atoms with Crippen LogP contribution >= 0.6 is 27.5 Å². The second-order valence-corrected chi connectivity index (χ2v) is 6.20. The van der Waals surface area contributed by atoms with Crippen molar-refractivity contribution in [2.45, 2.75) is 20.3 Å². The molecule has 2 aromatic rings. The predicted octanol–water partition coefficient (Wildman–Crippen LogP) is 4.04. The Hall–Kier alpha value is -1.17. The van der Waals surface area contributed by atoms with Crippen molar-refractivity contribution in [3.63, 3.8) is 0 Å². The number of hydrogen-bond acceptors (Lipinski definition) is 4. The van der Waals surface area contributed by atoms with Crippen LogP contribution in [0.4, 0.5) is 5.82 Å². The fourth-order valence-corrected chi connectivity index (χ4v) is 2.35. The van der Waals surface area contributed by atoms with E-state index in [1.165, 1.54) is 0 Å². The van der Waals surface area contributed by atoms with Crippen molar-refractivity contribution >= 4 is 33.3 Å². The molecule has 0 aliphatic heterocycles. The van der Waals surface area contributed by atoms with Crippen LogP contribution in [0.25, 0.3) is 11.4 Å². The second-order valence-electron chi connectivity index (χ2n) is 4.94. The SMILES string of the molecule is CC(C)Cc1cc(NN)nc(-c2ccc(Cl)c(Br)c2)n1. The van der Waals surface area contributed by atoms with E-state index < -0.39 is 0 Å². The molecule has 1 aromatic heterocycles. The van der Waals surface area contributed by atoms with E-state index in [2.05, 4.69) is 45.2 Å². The molecule has 1 heterocycles. The zero-order valence-electron chi connectivity index (χ0n) is 11.3. The van der Waals surface area contributed by atoms with Gasteiger partial charge in [0.2, 0.25) is 0 Å². The highest BCUT2D eigenvalue weighted by molar-refractivity contribution is 9.10. The minimum Gasteiger partial charge on any atom is -0.308 e. The van der Waals surface area contributed by atoms with E-state index in [9.17, 15) is 0 Å². The zero-order chi connectivity index (χ0) is 14.7. The van der Waals surface area contributed by atoms with Crippen LogP contribution in [0.1, 0.15) is 19.5 Å². The molecule has 0 saturated carbocycles. The molecule has 6 heteroatoms. The van der Waals surface area contributed by atoms with Gasteiger partial charge in [0.15, 0.2) is 5.82 Å². The van der Waals surface area contributed by atoms with Crippen molar-refractivity contribution in [1.82, 2.24) is 9.97 Å². The minimum absolute atomic E-state index is 0.514. The molecule has 2 rings (SSSR count). The summed E-state index contributed by atoms with van der Waals surface area (Å²) in [5.74, 6) is 7.23. The third-order valence-electron chi connectivity index (χ3n) is 2.72. The average molecular weight is 356 g/mol. The third kappa shape index (κ3) is 3.69. The molecule has 0 unspecified atom stereocenters.